The van der Waals surface area contributed by atoms with Crippen molar-refractivity contribution in [1.82, 2.24) is 0 Å². The van der Waals surface area contributed by atoms with Crippen molar-refractivity contribution in [2.45, 2.75) is 4.90 Å². The first kappa shape index (κ1) is 24.3. The molecular formula is C19H11N6O9S+. The Morgan fingerprint density at radius 1 is 1.03 bits per heavy atom. The number of benzene rings is 3. The molecule has 0 aliphatic heterocycles. The molecule has 16 heteroatoms. The van der Waals surface area contributed by atoms with E-state index < -0.39 is 70.9 Å². The number of carbonyl (C=O) groups excluding carboxylic acids is 1. The Bertz CT molecular complexity index is 1750. The SMILES string of the molecule is N#[N+]N=c1c(S(=O)(=O)Oc2c(C(=O)c3ccccc3)cc(O)c(O)c2O)cc(=O)c(=O)c1=NN=N. The second kappa shape index (κ2) is 9.29. The monoisotopic (exact) mass is 499 g/mol. The van der Waals surface area contributed by atoms with Crippen LogP contribution in [-0.2, 0) is 10.1 Å². The number of nitrogens with one attached hydrogen (secondary N) is 1. The predicted molar refractivity (Wildman–Crippen MR) is 112 cm³/mol. The number of diazo groups is 1. The fourth-order valence-corrected chi connectivity index (χ4v) is 3.95. The average molecular weight is 499 g/mol. The molecule has 3 rings (SSSR count). The Kier molecular flexibility index (Phi) is 6.46. The van der Waals surface area contributed by atoms with Crippen LogP contribution in [0.5, 0.6) is 23.0 Å². The summed E-state index contributed by atoms with van der Waals surface area (Å²) < 4.78 is 30.9. The summed E-state index contributed by atoms with van der Waals surface area (Å²) in [4.78, 5) is 35.7. The van der Waals surface area contributed by atoms with Crippen molar-refractivity contribution >= 4 is 15.9 Å². The molecule has 0 aromatic heterocycles. The predicted octanol–water partition coefficient (Wildman–Crippen LogP) is -0.0865. The van der Waals surface area contributed by atoms with Gasteiger partial charge in [-0.15, -0.1) is 5.10 Å². The van der Waals surface area contributed by atoms with E-state index in [9.17, 15) is 38.1 Å². The normalized spacial score (nSPS) is 12.2. The van der Waals surface area contributed by atoms with Crippen LogP contribution in [0, 0.1) is 10.9 Å². The first-order valence-corrected chi connectivity index (χ1v) is 10.4. The van der Waals surface area contributed by atoms with Gasteiger partial charge in [-0.25, -0.2) is 0 Å². The van der Waals surface area contributed by atoms with Crippen LogP contribution in [0.1, 0.15) is 15.9 Å². The second-order valence-corrected chi connectivity index (χ2v) is 8.01. The van der Waals surface area contributed by atoms with E-state index in [1.165, 1.54) is 24.3 Å². The molecule has 0 heterocycles. The zero-order chi connectivity index (χ0) is 25.9. The van der Waals surface area contributed by atoms with Crippen molar-refractivity contribution in [1.29, 1.82) is 10.9 Å². The minimum absolute atomic E-state index is 0.0234. The molecule has 0 atom stereocenters. The van der Waals surface area contributed by atoms with Gasteiger partial charge in [-0.3, -0.25) is 14.4 Å². The van der Waals surface area contributed by atoms with E-state index in [1.54, 1.807) is 6.07 Å². The lowest BCUT2D eigenvalue weighted by atomic mass is 10.0. The highest BCUT2D eigenvalue weighted by molar-refractivity contribution is 7.87. The molecule has 0 spiro atoms. The van der Waals surface area contributed by atoms with Gasteiger partial charge < -0.3 is 19.5 Å². The van der Waals surface area contributed by atoms with Crippen molar-refractivity contribution in [3.05, 3.63) is 89.8 Å². The van der Waals surface area contributed by atoms with Crippen LogP contribution >= 0.6 is 0 Å². The molecule has 0 radical (unpaired) electrons. The summed E-state index contributed by atoms with van der Waals surface area (Å²) in [5.74, 6) is -5.68. The van der Waals surface area contributed by atoms with Crippen LogP contribution in [0.2, 0.25) is 0 Å². The zero-order valence-electron chi connectivity index (χ0n) is 17.0. The van der Waals surface area contributed by atoms with E-state index in [0.717, 1.165) is 0 Å². The van der Waals surface area contributed by atoms with Gasteiger partial charge in [0.15, 0.2) is 27.7 Å². The summed E-state index contributed by atoms with van der Waals surface area (Å²) in [6.45, 7) is 0. The summed E-state index contributed by atoms with van der Waals surface area (Å²) in [5, 5.41) is 47.6. The molecule has 0 unspecified atom stereocenters. The molecule has 0 saturated carbocycles. The van der Waals surface area contributed by atoms with Gasteiger partial charge in [-0.2, -0.15) is 13.9 Å². The van der Waals surface area contributed by atoms with Crippen LogP contribution in [0.4, 0.5) is 0 Å². The van der Waals surface area contributed by atoms with Gasteiger partial charge in [0, 0.05) is 11.6 Å². The Morgan fingerprint density at radius 2 is 1.69 bits per heavy atom. The van der Waals surface area contributed by atoms with Gasteiger partial charge in [0.25, 0.3) is 10.8 Å². The van der Waals surface area contributed by atoms with Crippen molar-refractivity contribution in [3.63, 3.8) is 0 Å². The Labute approximate surface area is 193 Å². The number of phenols is 3. The summed E-state index contributed by atoms with van der Waals surface area (Å²) in [5.41, 5.74) is 3.12. The molecule has 0 amide bonds. The molecule has 0 saturated heterocycles. The molecule has 4 N–H and O–H groups in total. The summed E-state index contributed by atoms with van der Waals surface area (Å²) in [7, 11) is -5.31. The van der Waals surface area contributed by atoms with Crippen LogP contribution in [0.3, 0.4) is 0 Å². The van der Waals surface area contributed by atoms with E-state index in [-0.39, 0.29) is 11.6 Å². The number of rotatable bonds is 6. The molecule has 176 valence electrons. The number of nitrogens with zero attached hydrogens (tertiary/aromatic N) is 5. The molecule has 0 aliphatic carbocycles. The molecule has 0 bridgehead atoms. The fourth-order valence-electron chi connectivity index (χ4n) is 2.85. The molecule has 0 aliphatic rings. The van der Waals surface area contributed by atoms with Crippen molar-refractivity contribution in [3.8, 4) is 23.0 Å². The minimum atomic E-state index is -5.31. The van der Waals surface area contributed by atoms with E-state index >= 15 is 0 Å². The topological polar surface area (TPSA) is 244 Å². The van der Waals surface area contributed by atoms with Gasteiger partial charge >= 0.3 is 15.2 Å². The summed E-state index contributed by atoms with van der Waals surface area (Å²) in [6, 6.07) is 8.04. The lowest BCUT2D eigenvalue weighted by Gasteiger charge is -2.14. The van der Waals surface area contributed by atoms with Crippen molar-refractivity contribution in [2.75, 3.05) is 0 Å². The van der Waals surface area contributed by atoms with Gasteiger partial charge in [-0.05, 0) is 6.07 Å². The van der Waals surface area contributed by atoms with Gasteiger partial charge in [0.05, 0.1) is 5.56 Å². The Balaban J connectivity index is 2.34. The zero-order valence-corrected chi connectivity index (χ0v) is 17.8. The van der Waals surface area contributed by atoms with Crippen LogP contribution in [0.15, 0.2) is 72.4 Å². The maximum atomic E-state index is 13.0. The molecule has 3 aromatic rings. The molecule has 15 nitrogen and oxygen atoms in total. The van der Waals surface area contributed by atoms with Crippen LogP contribution in [0.25, 0.3) is 5.08 Å². The third-order valence-corrected chi connectivity index (χ3v) is 5.64. The quantitative estimate of drug-likeness (QED) is 0.0667. The Morgan fingerprint density at radius 3 is 2.29 bits per heavy atom. The molecule has 0 fully saturated rings. The number of hydrogen-bond donors (Lipinski definition) is 4. The number of hydrogen-bond acceptors (Lipinski definition) is 13. The number of phenolic OH excluding ortho intramolecular Hbond substituents is 3. The maximum Gasteiger partial charge on any atom is 0.342 e. The third kappa shape index (κ3) is 4.46. The first-order valence-electron chi connectivity index (χ1n) is 9.03. The maximum absolute atomic E-state index is 13.0. The number of ketones is 1. The van der Waals surface area contributed by atoms with Gasteiger partial charge in [-0.1, -0.05) is 35.6 Å². The number of carbonyl (C=O) groups is 1. The standard InChI is InChI=1S/C19H10N6O9S/c20-24-22-13-12(7-11(27)16(29)14(13)23-25-21)35(32,33)34-19-9(6-10(26)17(30)18(19)31)15(28)8-4-2-1-3-5-8/h1-7,20-21H,(H,26,31)/p+1. The lowest BCUT2D eigenvalue weighted by molar-refractivity contribution is 0.103. The Hall–Kier alpha value is -5.30. The van der Waals surface area contributed by atoms with E-state index in [2.05, 4.69) is 20.5 Å². The van der Waals surface area contributed by atoms with Gasteiger partial charge in [0.2, 0.25) is 22.3 Å². The minimum Gasteiger partial charge on any atom is -0.504 e. The molecule has 35 heavy (non-hydrogen) atoms. The smallest absolute Gasteiger partial charge is 0.342 e. The van der Waals surface area contributed by atoms with Crippen LogP contribution < -0.4 is 25.8 Å². The summed E-state index contributed by atoms with van der Waals surface area (Å²) in [6.07, 6.45) is 0. The number of aromatic hydroxyl groups is 3. The third-order valence-electron chi connectivity index (χ3n) is 4.40. The average Bonchev–Trinajstić information content (AvgIpc) is 2.83. The van der Waals surface area contributed by atoms with Crippen molar-refractivity contribution < 1.29 is 32.7 Å². The second-order valence-electron chi connectivity index (χ2n) is 6.49. The van der Waals surface area contributed by atoms with E-state index in [4.69, 9.17) is 15.1 Å². The largest absolute Gasteiger partial charge is 0.504 e. The fraction of sp³-hybridized carbons (Fsp3) is 0. The highest BCUT2D eigenvalue weighted by Crippen LogP contribution is 2.46. The molecular weight excluding hydrogens is 488 g/mol. The lowest BCUT2D eigenvalue weighted by Crippen LogP contribution is -2.49. The van der Waals surface area contributed by atoms with E-state index in [1.807, 2.05) is 0 Å². The highest BCUT2D eigenvalue weighted by atomic mass is 32.2. The first-order chi connectivity index (χ1) is 16.5. The van der Waals surface area contributed by atoms with E-state index in [0.29, 0.717) is 6.07 Å². The van der Waals surface area contributed by atoms with Crippen LogP contribution in [-0.4, -0.2) is 29.5 Å². The summed E-state index contributed by atoms with van der Waals surface area (Å²) >= 11 is 0. The highest BCUT2D eigenvalue weighted by Gasteiger charge is 2.31. The molecule has 3 aromatic carbocycles. The van der Waals surface area contributed by atoms with Gasteiger partial charge in [0.1, 0.15) is 4.90 Å². The van der Waals surface area contributed by atoms with Crippen molar-refractivity contribution in [2.24, 2.45) is 15.4 Å².